The monoisotopic (exact) mass is 357 g/mol. The number of rotatable bonds is 10. The third kappa shape index (κ3) is 5.69. The van der Waals surface area contributed by atoms with Crippen LogP contribution in [0.15, 0.2) is 42.5 Å². The van der Waals surface area contributed by atoms with Crippen LogP contribution in [0.2, 0.25) is 0 Å². The van der Waals surface area contributed by atoms with E-state index in [1.165, 1.54) is 0 Å². The minimum Gasteiger partial charge on any atom is -0.494 e. The van der Waals surface area contributed by atoms with Crippen LogP contribution in [0.5, 0.6) is 17.2 Å². The fraction of sp³-hybridized carbons (Fsp3) is 0.381. The lowest BCUT2D eigenvalue weighted by atomic mass is 10.1. The van der Waals surface area contributed by atoms with E-state index in [1.54, 1.807) is 18.2 Å². The maximum absolute atomic E-state index is 12.4. The third-order valence-corrected chi connectivity index (χ3v) is 3.65. The van der Waals surface area contributed by atoms with Crippen LogP contribution in [-0.2, 0) is 6.54 Å². The molecule has 0 saturated carbocycles. The molecule has 2 aromatic rings. The van der Waals surface area contributed by atoms with Crippen molar-refractivity contribution in [2.45, 2.75) is 33.7 Å². The first-order valence-corrected chi connectivity index (χ1v) is 9.07. The molecule has 0 atom stereocenters. The Kier molecular flexibility index (Phi) is 7.80. The Morgan fingerprint density at radius 1 is 0.885 bits per heavy atom. The van der Waals surface area contributed by atoms with Crippen molar-refractivity contribution >= 4 is 5.91 Å². The van der Waals surface area contributed by atoms with Gasteiger partial charge in [0.15, 0.2) is 11.5 Å². The molecule has 0 aromatic heterocycles. The second-order valence-corrected chi connectivity index (χ2v) is 5.70. The van der Waals surface area contributed by atoms with Crippen molar-refractivity contribution in [2.75, 3.05) is 19.8 Å². The summed E-state index contributed by atoms with van der Waals surface area (Å²) in [7, 11) is 0. The van der Waals surface area contributed by atoms with Crippen molar-refractivity contribution in [3.63, 3.8) is 0 Å². The molecule has 5 nitrogen and oxygen atoms in total. The molecule has 0 saturated heterocycles. The number of carbonyl (C=O) groups excluding carboxylic acids is 1. The quantitative estimate of drug-likeness (QED) is 0.692. The lowest BCUT2D eigenvalue weighted by molar-refractivity contribution is 0.0950. The van der Waals surface area contributed by atoms with E-state index >= 15 is 0 Å². The predicted octanol–water partition coefficient (Wildman–Crippen LogP) is 4.20. The summed E-state index contributed by atoms with van der Waals surface area (Å²) in [5, 5.41) is 2.92. The Hall–Kier alpha value is -2.69. The summed E-state index contributed by atoms with van der Waals surface area (Å²) in [5.74, 6) is 1.92. The second kappa shape index (κ2) is 10.3. The van der Waals surface area contributed by atoms with Gasteiger partial charge in [0.25, 0.3) is 5.91 Å². The number of carbonyl (C=O) groups is 1. The molecule has 1 amide bonds. The second-order valence-electron chi connectivity index (χ2n) is 5.70. The van der Waals surface area contributed by atoms with Crippen LogP contribution in [0.3, 0.4) is 0 Å². The van der Waals surface area contributed by atoms with Crippen molar-refractivity contribution in [1.29, 1.82) is 0 Å². The van der Waals surface area contributed by atoms with Gasteiger partial charge >= 0.3 is 0 Å². The number of hydrogen-bond donors (Lipinski definition) is 1. The van der Waals surface area contributed by atoms with Gasteiger partial charge in [0, 0.05) is 12.1 Å². The molecule has 0 spiro atoms. The highest BCUT2D eigenvalue weighted by Gasteiger charge is 2.11. The highest BCUT2D eigenvalue weighted by Crippen LogP contribution is 2.28. The van der Waals surface area contributed by atoms with E-state index in [1.807, 2.05) is 38.1 Å². The molecule has 26 heavy (non-hydrogen) atoms. The molecule has 0 aliphatic rings. The highest BCUT2D eigenvalue weighted by molar-refractivity contribution is 5.94. The molecule has 1 N–H and O–H groups in total. The van der Waals surface area contributed by atoms with E-state index in [0.29, 0.717) is 43.4 Å². The minimum absolute atomic E-state index is 0.152. The number of ether oxygens (including phenoxy) is 3. The fourth-order valence-corrected chi connectivity index (χ4v) is 2.40. The summed E-state index contributed by atoms with van der Waals surface area (Å²) < 4.78 is 16.7. The van der Waals surface area contributed by atoms with E-state index in [4.69, 9.17) is 14.2 Å². The van der Waals surface area contributed by atoms with Crippen LogP contribution in [0.1, 0.15) is 43.1 Å². The fourth-order valence-electron chi connectivity index (χ4n) is 2.40. The molecule has 0 fully saturated rings. The zero-order valence-electron chi connectivity index (χ0n) is 15.7. The van der Waals surface area contributed by atoms with E-state index in [0.717, 1.165) is 17.7 Å². The van der Waals surface area contributed by atoms with Gasteiger partial charge in [-0.25, -0.2) is 0 Å². The summed E-state index contributed by atoms with van der Waals surface area (Å²) in [4.78, 5) is 12.4. The molecule has 0 unspecified atom stereocenters. The standard InChI is InChI=1S/C21H27NO4/c1-4-13-26-18-10-7-16(8-11-18)15-22-21(23)17-9-12-19(24-5-2)20(14-17)25-6-3/h7-12,14H,4-6,13,15H2,1-3H3,(H,22,23). The van der Waals surface area contributed by atoms with Crippen LogP contribution >= 0.6 is 0 Å². The average molecular weight is 357 g/mol. The van der Waals surface area contributed by atoms with E-state index < -0.39 is 0 Å². The maximum atomic E-state index is 12.4. The zero-order chi connectivity index (χ0) is 18.8. The van der Waals surface area contributed by atoms with Crippen LogP contribution in [0, 0.1) is 0 Å². The number of amides is 1. The Balaban J connectivity index is 1.97. The molecule has 2 rings (SSSR count). The Labute approximate surface area is 155 Å². The first-order valence-electron chi connectivity index (χ1n) is 9.07. The van der Waals surface area contributed by atoms with Crippen molar-refractivity contribution < 1.29 is 19.0 Å². The molecule has 0 bridgehead atoms. The Morgan fingerprint density at radius 3 is 2.23 bits per heavy atom. The van der Waals surface area contributed by atoms with Crippen LogP contribution in [-0.4, -0.2) is 25.7 Å². The van der Waals surface area contributed by atoms with E-state index in [-0.39, 0.29) is 5.91 Å². The predicted molar refractivity (Wildman–Crippen MR) is 102 cm³/mol. The molecule has 5 heteroatoms. The van der Waals surface area contributed by atoms with Crippen molar-refractivity contribution in [2.24, 2.45) is 0 Å². The SMILES string of the molecule is CCCOc1ccc(CNC(=O)c2ccc(OCC)c(OCC)c2)cc1. The first-order chi connectivity index (χ1) is 12.7. The van der Waals surface area contributed by atoms with Gasteiger partial charge in [-0.15, -0.1) is 0 Å². The van der Waals surface area contributed by atoms with E-state index in [9.17, 15) is 4.79 Å². The highest BCUT2D eigenvalue weighted by atomic mass is 16.5. The molecular weight excluding hydrogens is 330 g/mol. The lowest BCUT2D eigenvalue weighted by Crippen LogP contribution is -2.22. The molecule has 0 heterocycles. The molecule has 140 valence electrons. The normalized spacial score (nSPS) is 10.3. The van der Waals surface area contributed by atoms with Crippen molar-refractivity contribution in [3.05, 3.63) is 53.6 Å². The van der Waals surface area contributed by atoms with Crippen molar-refractivity contribution in [1.82, 2.24) is 5.32 Å². The summed E-state index contributed by atoms with van der Waals surface area (Å²) in [6.45, 7) is 8.09. The Morgan fingerprint density at radius 2 is 1.58 bits per heavy atom. The minimum atomic E-state index is -0.152. The summed E-state index contributed by atoms with van der Waals surface area (Å²) in [5.41, 5.74) is 1.55. The molecule has 2 aromatic carbocycles. The van der Waals surface area contributed by atoms with Crippen LogP contribution in [0.25, 0.3) is 0 Å². The first kappa shape index (κ1) is 19.6. The lowest BCUT2D eigenvalue weighted by Gasteiger charge is -2.12. The largest absolute Gasteiger partial charge is 0.494 e. The van der Waals surface area contributed by atoms with Gasteiger partial charge in [-0.1, -0.05) is 19.1 Å². The van der Waals surface area contributed by atoms with Gasteiger partial charge in [-0.05, 0) is 56.2 Å². The van der Waals surface area contributed by atoms with E-state index in [2.05, 4.69) is 12.2 Å². The topological polar surface area (TPSA) is 56.8 Å². The molecular formula is C21H27NO4. The van der Waals surface area contributed by atoms with Gasteiger partial charge < -0.3 is 19.5 Å². The van der Waals surface area contributed by atoms with Crippen LogP contribution in [0.4, 0.5) is 0 Å². The van der Waals surface area contributed by atoms with Gasteiger partial charge in [0.05, 0.1) is 19.8 Å². The zero-order valence-corrected chi connectivity index (χ0v) is 15.7. The van der Waals surface area contributed by atoms with Crippen LogP contribution < -0.4 is 19.5 Å². The Bertz CT molecular complexity index is 698. The smallest absolute Gasteiger partial charge is 0.251 e. The summed E-state index contributed by atoms with van der Waals surface area (Å²) in [6, 6.07) is 13.0. The maximum Gasteiger partial charge on any atom is 0.251 e. The third-order valence-electron chi connectivity index (χ3n) is 3.65. The number of benzene rings is 2. The van der Waals surface area contributed by atoms with Gasteiger partial charge in [0.2, 0.25) is 0 Å². The van der Waals surface area contributed by atoms with Gasteiger partial charge in [-0.2, -0.15) is 0 Å². The van der Waals surface area contributed by atoms with Gasteiger partial charge in [0.1, 0.15) is 5.75 Å². The molecule has 0 aliphatic heterocycles. The van der Waals surface area contributed by atoms with Crippen molar-refractivity contribution in [3.8, 4) is 17.2 Å². The molecule has 0 aliphatic carbocycles. The van der Waals surface area contributed by atoms with Gasteiger partial charge in [-0.3, -0.25) is 4.79 Å². The molecule has 0 radical (unpaired) electrons. The summed E-state index contributed by atoms with van der Waals surface area (Å²) in [6.07, 6.45) is 0.976. The number of nitrogens with one attached hydrogen (secondary N) is 1. The summed E-state index contributed by atoms with van der Waals surface area (Å²) >= 11 is 0. The average Bonchev–Trinajstić information content (AvgIpc) is 2.67. The number of hydrogen-bond acceptors (Lipinski definition) is 4.